The van der Waals surface area contributed by atoms with Crippen LogP contribution in [0.1, 0.15) is 13.3 Å². The normalized spacial score (nSPS) is 16.5. The molecule has 0 aliphatic carbocycles. The maximum Gasteiger partial charge on any atom is 0.265 e. The van der Waals surface area contributed by atoms with E-state index in [1.165, 1.54) is 13.0 Å². The molecule has 2 N–H and O–H groups in total. The van der Waals surface area contributed by atoms with Gasteiger partial charge in [0.05, 0.1) is 12.4 Å². The molecule has 0 fully saturated rings. The molecule has 0 saturated heterocycles. The maximum absolute atomic E-state index is 10.3. The Kier molecular flexibility index (Phi) is 4.55. The minimum absolute atomic E-state index is 0.123. The number of aliphatic hydroxyl groups is 1. The summed E-state index contributed by atoms with van der Waals surface area (Å²) in [5, 5.41) is 9.36. The first-order valence-corrected chi connectivity index (χ1v) is 5.30. The molecule has 0 saturated carbocycles. The Balaban J connectivity index is 3.95. The first-order chi connectivity index (χ1) is 5.77. The zero-order chi connectivity index (χ0) is 10.5. The fourth-order valence-corrected chi connectivity index (χ4v) is 1.27. The molecule has 0 aromatic rings. The zero-order valence-corrected chi connectivity index (χ0v) is 8.25. The van der Waals surface area contributed by atoms with Crippen molar-refractivity contribution in [2.24, 2.45) is 0 Å². The van der Waals surface area contributed by atoms with Crippen LogP contribution < -0.4 is 0 Å². The van der Waals surface area contributed by atoms with Gasteiger partial charge in [0.2, 0.25) is 0 Å². The van der Waals surface area contributed by atoms with Crippen molar-refractivity contribution in [1.29, 1.82) is 0 Å². The Morgan fingerprint density at radius 3 is 2.54 bits per heavy atom. The Morgan fingerprint density at radius 1 is 1.62 bits per heavy atom. The highest BCUT2D eigenvalue weighted by Crippen LogP contribution is 2.11. The molecule has 0 radical (unpaired) electrons. The molecule has 0 heterocycles. The van der Waals surface area contributed by atoms with Gasteiger partial charge in [-0.05, 0) is 6.92 Å². The van der Waals surface area contributed by atoms with Gasteiger partial charge in [0.15, 0.2) is 5.79 Å². The monoisotopic (exact) mass is 210 g/mol. The van der Waals surface area contributed by atoms with Gasteiger partial charge in [-0.15, -0.1) is 6.58 Å². The molecule has 5 nitrogen and oxygen atoms in total. The van der Waals surface area contributed by atoms with Gasteiger partial charge in [-0.1, -0.05) is 6.08 Å². The van der Waals surface area contributed by atoms with Crippen LogP contribution >= 0.6 is 0 Å². The first kappa shape index (κ1) is 12.6. The van der Waals surface area contributed by atoms with Crippen molar-refractivity contribution in [3.63, 3.8) is 0 Å². The average Bonchev–Trinajstić information content (AvgIpc) is 1.97. The summed E-state index contributed by atoms with van der Waals surface area (Å²) in [5.74, 6) is -2.08. The summed E-state index contributed by atoms with van der Waals surface area (Å²) in [6.07, 6.45) is 1.25. The van der Waals surface area contributed by atoms with E-state index in [0.717, 1.165) is 0 Å². The van der Waals surface area contributed by atoms with Gasteiger partial charge >= 0.3 is 0 Å². The van der Waals surface area contributed by atoms with Gasteiger partial charge < -0.3 is 9.84 Å². The summed E-state index contributed by atoms with van der Waals surface area (Å²) in [6.45, 7) is 4.81. The molecule has 0 rings (SSSR count). The summed E-state index contributed by atoms with van der Waals surface area (Å²) in [7, 11) is -4.05. The summed E-state index contributed by atoms with van der Waals surface area (Å²) in [5.41, 5.74) is 0. The lowest BCUT2D eigenvalue weighted by molar-refractivity contribution is -0.183. The summed E-state index contributed by atoms with van der Waals surface area (Å²) in [4.78, 5) is 0. The van der Waals surface area contributed by atoms with Crippen molar-refractivity contribution in [1.82, 2.24) is 0 Å². The minimum Gasteiger partial charge on any atom is -0.366 e. The topological polar surface area (TPSA) is 83.8 Å². The second-order valence-electron chi connectivity index (χ2n) is 2.81. The fourth-order valence-electron chi connectivity index (χ4n) is 0.629. The smallest absolute Gasteiger partial charge is 0.265 e. The molecule has 1 unspecified atom stereocenters. The second kappa shape index (κ2) is 4.71. The van der Waals surface area contributed by atoms with Gasteiger partial charge in [-0.3, -0.25) is 4.55 Å². The molecule has 78 valence electrons. The van der Waals surface area contributed by atoms with Crippen LogP contribution in [0.2, 0.25) is 0 Å². The van der Waals surface area contributed by atoms with E-state index in [9.17, 15) is 13.5 Å². The fraction of sp³-hybridized carbons (Fsp3) is 0.714. The molecule has 0 aliphatic rings. The van der Waals surface area contributed by atoms with Crippen molar-refractivity contribution >= 4 is 10.1 Å². The number of ether oxygens (including phenoxy) is 1. The maximum atomic E-state index is 10.3. The number of hydrogen-bond acceptors (Lipinski definition) is 4. The van der Waals surface area contributed by atoms with E-state index in [1.807, 2.05) is 0 Å². The summed E-state index contributed by atoms with van der Waals surface area (Å²) >= 11 is 0. The average molecular weight is 210 g/mol. The van der Waals surface area contributed by atoms with E-state index < -0.39 is 21.7 Å². The Morgan fingerprint density at radius 2 is 2.15 bits per heavy atom. The number of rotatable bonds is 6. The van der Waals surface area contributed by atoms with E-state index in [-0.39, 0.29) is 13.0 Å². The van der Waals surface area contributed by atoms with Gasteiger partial charge in [0.1, 0.15) is 0 Å². The second-order valence-corrected chi connectivity index (χ2v) is 4.38. The largest absolute Gasteiger partial charge is 0.366 e. The van der Waals surface area contributed by atoms with Gasteiger partial charge in [-0.2, -0.15) is 8.42 Å². The Bertz CT molecular complexity index is 254. The van der Waals surface area contributed by atoms with Crippen LogP contribution in [0.4, 0.5) is 0 Å². The van der Waals surface area contributed by atoms with E-state index in [1.54, 1.807) is 0 Å². The molecular formula is C7H14O5S. The summed E-state index contributed by atoms with van der Waals surface area (Å²) in [6, 6.07) is 0. The van der Waals surface area contributed by atoms with Gasteiger partial charge in [-0.25, -0.2) is 0 Å². The molecule has 0 aliphatic heterocycles. The van der Waals surface area contributed by atoms with E-state index >= 15 is 0 Å². The molecule has 0 bridgehead atoms. The third-order valence-corrected chi connectivity index (χ3v) is 2.06. The molecule has 0 aromatic heterocycles. The predicted molar refractivity (Wildman–Crippen MR) is 47.8 cm³/mol. The van der Waals surface area contributed by atoms with E-state index in [2.05, 4.69) is 6.58 Å². The third kappa shape index (κ3) is 7.92. The van der Waals surface area contributed by atoms with Crippen LogP contribution in [0.5, 0.6) is 0 Å². The third-order valence-electron chi connectivity index (χ3n) is 1.34. The Hall–Kier alpha value is -0.430. The van der Waals surface area contributed by atoms with E-state index in [4.69, 9.17) is 9.29 Å². The van der Waals surface area contributed by atoms with Crippen molar-refractivity contribution in [2.45, 2.75) is 19.1 Å². The highest BCUT2D eigenvalue weighted by atomic mass is 32.2. The van der Waals surface area contributed by atoms with Crippen LogP contribution in [0.3, 0.4) is 0 Å². The highest BCUT2D eigenvalue weighted by molar-refractivity contribution is 7.85. The molecule has 6 heteroatoms. The van der Waals surface area contributed by atoms with Crippen LogP contribution in [0, 0.1) is 0 Å². The summed E-state index contributed by atoms with van der Waals surface area (Å²) < 4.78 is 33.9. The van der Waals surface area contributed by atoms with E-state index in [0.29, 0.717) is 0 Å². The van der Waals surface area contributed by atoms with Crippen LogP contribution in [0.25, 0.3) is 0 Å². The molecular weight excluding hydrogens is 196 g/mol. The lowest BCUT2D eigenvalue weighted by Crippen LogP contribution is -2.31. The first-order valence-electron chi connectivity index (χ1n) is 3.69. The lowest BCUT2D eigenvalue weighted by Gasteiger charge is -2.22. The van der Waals surface area contributed by atoms with Gasteiger partial charge in [0.25, 0.3) is 10.1 Å². The van der Waals surface area contributed by atoms with Crippen molar-refractivity contribution in [3.05, 3.63) is 12.7 Å². The number of hydrogen-bond donors (Lipinski definition) is 2. The molecule has 0 spiro atoms. The molecule has 1 atom stereocenters. The predicted octanol–water partition coefficient (Wildman–Crippen LogP) is 0.175. The van der Waals surface area contributed by atoms with Crippen molar-refractivity contribution in [2.75, 3.05) is 12.4 Å². The highest BCUT2D eigenvalue weighted by Gasteiger charge is 2.22. The zero-order valence-electron chi connectivity index (χ0n) is 7.43. The molecule has 0 aromatic carbocycles. The quantitative estimate of drug-likeness (QED) is 0.371. The van der Waals surface area contributed by atoms with Crippen molar-refractivity contribution in [3.8, 4) is 0 Å². The molecule has 0 amide bonds. The SMILES string of the molecule is C=CCOC(C)(O)CCS(=O)(=O)O. The standard InChI is InChI=1S/C7H14O5S/c1-3-5-12-7(2,8)4-6-13(9,10)11/h3,8H,1,4-6H2,2H3,(H,9,10,11). The van der Waals surface area contributed by atoms with Crippen molar-refractivity contribution < 1.29 is 22.8 Å². The lowest BCUT2D eigenvalue weighted by atomic mass is 10.2. The van der Waals surface area contributed by atoms with Gasteiger partial charge in [0, 0.05) is 6.42 Å². The van der Waals surface area contributed by atoms with Crippen LogP contribution in [-0.4, -0.2) is 36.2 Å². The van der Waals surface area contributed by atoms with Crippen LogP contribution in [-0.2, 0) is 14.9 Å². The van der Waals surface area contributed by atoms with Crippen LogP contribution in [0.15, 0.2) is 12.7 Å². The minimum atomic E-state index is -4.05. The Labute approximate surface area is 77.8 Å². The molecule has 13 heavy (non-hydrogen) atoms.